The third-order valence-electron chi connectivity index (χ3n) is 3.47. The summed E-state index contributed by atoms with van der Waals surface area (Å²) in [6.07, 6.45) is 2.47. The second-order valence-corrected chi connectivity index (χ2v) is 4.93. The van der Waals surface area contributed by atoms with Gasteiger partial charge < -0.3 is 19.2 Å². The molecule has 0 atom stereocenters. The van der Waals surface area contributed by atoms with Gasteiger partial charge in [-0.05, 0) is 25.5 Å². The van der Waals surface area contributed by atoms with Crippen molar-refractivity contribution in [3.8, 4) is 0 Å². The molecule has 21 heavy (non-hydrogen) atoms. The number of fused-ring (bicyclic) bond motifs is 1. The first-order valence-corrected chi connectivity index (χ1v) is 7.07. The monoisotopic (exact) mass is 291 g/mol. The second kappa shape index (κ2) is 6.58. The number of carbonyl (C=O) groups excluding carboxylic acids is 1. The summed E-state index contributed by atoms with van der Waals surface area (Å²) < 4.78 is 8.47. The zero-order valence-electron chi connectivity index (χ0n) is 12.7. The Hall–Kier alpha value is -2.08. The molecule has 0 bridgehead atoms. The molecule has 2 aromatic rings. The molecule has 0 unspecified atom stereocenters. The van der Waals surface area contributed by atoms with Crippen LogP contribution in [-0.2, 0) is 18.8 Å². The van der Waals surface area contributed by atoms with E-state index in [0.717, 1.165) is 11.9 Å². The number of pyridine rings is 1. The van der Waals surface area contributed by atoms with Gasteiger partial charge in [-0.15, -0.1) is 0 Å². The number of aryl methyl sites for hydroxylation is 2. The van der Waals surface area contributed by atoms with Crippen molar-refractivity contribution in [3.05, 3.63) is 34.4 Å². The summed E-state index contributed by atoms with van der Waals surface area (Å²) in [6.45, 7) is 3.81. The van der Waals surface area contributed by atoms with Gasteiger partial charge in [0.25, 0.3) is 11.5 Å². The van der Waals surface area contributed by atoms with Gasteiger partial charge in [-0.25, -0.2) is 0 Å². The van der Waals surface area contributed by atoms with E-state index in [1.165, 1.54) is 4.57 Å². The van der Waals surface area contributed by atoms with Crippen LogP contribution in [0.4, 0.5) is 0 Å². The fraction of sp³-hybridized carbons (Fsp3) is 0.467. The van der Waals surface area contributed by atoms with Gasteiger partial charge >= 0.3 is 0 Å². The van der Waals surface area contributed by atoms with Crippen molar-refractivity contribution >= 4 is 16.8 Å². The molecule has 0 aromatic carbocycles. The summed E-state index contributed by atoms with van der Waals surface area (Å²) >= 11 is 0. The third kappa shape index (κ3) is 3.16. The highest BCUT2D eigenvalue weighted by Crippen LogP contribution is 2.14. The van der Waals surface area contributed by atoms with Gasteiger partial charge in [0.2, 0.25) is 0 Å². The van der Waals surface area contributed by atoms with Gasteiger partial charge in [0, 0.05) is 40.1 Å². The first-order chi connectivity index (χ1) is 10.1. The van der Waals surface area contributed by atoms with Crippen molar-refractivity contribution in [1.29, 1.82) is 0 Å². The van der Waals surface area contributed by atoms with Crippen LogP contribution in [0, 0.1) is 0 Å². The minimum absolute atomic E-state index is 0.0986. The summed E-state index contributed by atoms with van der Waals surface area (Å²) in [5, 5.41) is 3.40. The summed E-state index contributed by atoms with van der Waals surface area (Å²) in [5.74, 6) is -0.174. The Kier molecular flexibility index (Phi) is 4.80. The van der Waals surface area contributed by atoms with Crippen molar-refractivity contribution in [2.24, 2.45) is 14.1 Å². The largest absolute Gasteiger partial charge is 0.382 e. The van der Waals surface area contributed by atoms with Gasteiger partial charge in [-0.2, -0.15) is 0 Å². The first kappa shape index (κ1) is 15.3. The molecular formula is C15H21N3O3. The van der Waals surface area contributed by atoms with Crippen LogP contribution in [0.25, 0.3) is 10.9 Å². The summed E-state index contributed by atoms with van der Waals surface area (Å²) in [6, 6.07) is 3.48. The lowest BCUT2D eigenvalue weighted by Gasteiger charge is -2.06. The highest BCUT2D eigenvalue weighted by atomic mass is 16.5. The normalized spacial score (nSPS) is 11.0. The number of carbonyl (C=O) groups is 1. The Labute approximate surface area is 123 Å². The average molecular weight is 291 g/mol. The quantitative estimate of drug-likeness (QED) is 0.809. The highest BCUT2D eigenvalue weighted by Gasteiger charge is 2.15. The molecule has 2 aromatic heterocycles. The zero-order valence-corrected chi connectivity index (χ0v) is 12.7. The van der Waals surface area contributed by atoms with Crippen LogP contribution in [0.5, 0.6) is 0 Å². The van der Waals surface area contributed by atoms with Crippen LogP contribution in [0.2, 0.25) is 0 Å². The average Bonchev–Trinajstić information content (AvgIpc) is 2.80. The Bertz CT molecular complexity index is 700. The summed E-state index contributed by atoms with van der Waals surface area (Å²) in [7, 11) is 3.49. The van der Waals surface area contributed by atoms with Crippen LogP contribution < -0.4 is 10.9 Å². The molecule has 114 valence electrons. The van der Waals surface area contributed by atoms with E-state index in [1.54, 1.807) is 30.9 Å². The molecule has 0 saturated heterocycles. The van der Waals surface area contributed by atoms with Crippen molar-refractivity contribution in [2.75, 3.05) is 19.8 Å². The lowest BCUT2D eigenvalue weighted by molar-refractivity contribution is 0.0936. The Morgan fingerprint density at radius 1 is 1.38 bits per heavy atom. The van der Waals surface area contributed by atoms with Crippen LogP contribution in [-0.4, -0.2) is 34.8 Å². The molecule has 0 saturated carbocycles. The van der Waals surface area contributed by atoms with Crippen molar-refractivity contribution < 1.29 is 9.53 Å². The maximum Gasteiger partial charge on any atom is 0.267 e. The standard InChI is InChI=1S/C15H21N3O3/c1-4-21-9-5-7-16-14(19)13-10-11-12(18(13)3)6-8-17(2)15(11)20/h6,8,10H,4-5,7,9H2,1-3H3,(H,16,19). The van der Waals surface area contributed by atoms with Crippen LogP contribution in [0.3, 0.4) is 0 Å². The predicted octanol–water partition coefficient (Wildman–Crippen LogP) is 1.03. The molecule has 6 heteroatoms. The lowest BCUT2D eigenvalue weighted by Crippen LogP contribution is -2.27. The van der Waals surface area contributed by atoms with E-state index in [9.17, 15) is 9.59 Å². The highest BCUT2D eigenvalue weighted by molar-refractivity contribution is 5.98. The van der Waals surface area contributed by atoms with Gasteiger partial charge in [0.1, 0.15) is 5.69 Å². The Morgan fingerprint density at radius 2 is 2.14 bits per heavy atom. The summed E-state index contributed by atoms with van der Waals surface area (Å²) in [5.41, 5.74) is 1.15. The lowest BCUT2D eigenvalue weighted by atomic mass is 10.3. The molecule has 0 aliphatic carbocycles. The van der Waals surface area contributed by atoms with Crippen molar-refractivity contribution in [3.63, 3.8) is 0 Å². The topological polar surface area (TPSA) is 65.3 Å². The van der Waals surface area contributed by atoms with Crippen LogP contribution in [0.1, 0.15) is 23.8 Å². The molecule has 0 radical (unpaired) electrons. The van der Waals surface area contributed by atoms with E-state index in [1.807, 2.05) is 13.0 Å². The van der Waals surface area contributed by atoms with Gasteiger partial charge in [0.15, 0.2) is 0 Å². The fourth-order valence-electron chi connectivity index (χ4n) is 2.26. The Morgan fingerprint density at radius 3 is 2.86 bits per heavy atom. The van der Waals surface area contributed by atoms with E-state index < -0.39 is 0 Å². The Balaban J connectivity index is 2.15. The van der Waals surface area contributed by atoms with Gasteiger partial charge in [-0.3, -0.25) is 9.59 Å². The SMILES string of the molecule is CCOCCCNC(=O)c1cc2c(=O)n(C)ccc2n1C. The molecule has 0 spiro atoms. The number of nitrogens with zero attached hydrogens (tertiary/aromatic N) is 2. The minimum Gasteiger partial charge on any atom is -0.382 e. The molecule has 1 amide bonds. The number of nitrogens with one attached hydrogen (secondary N) is 1. The fourth-order valence-corrected chi connectivity index (χ4v) is 2.26. The third-order valence-corrected chi connectivity index (χ3v) is 3.47. The molecule has 0 aliphatic heterocycles. The van der Waals surface area contributed by atoms with Crippen molar-refractivity contribution in [1.82, 2.24) is 14.5 Å². The number of amides is 1. The van der Waals surface area contributed by atoms with Crippen molar-refractivity contribution in [2.45, 2.75) is 13.3 Å². The van der Waals surface area contributed by atoms with E-state index in [-0.39, 0.29) is 11.5 Å². The molecule has 0 aliphatic rings. The molecular weight excluding hydrogens is 270 g/mol. The number of hydrogen-bond donors (Lipinski definition) is 1. The van der Waals surface area contributed by atoms with E-state index in [2.05, 4.69) is 5.32 Å². The maximum atomic E-state index is 12.2. The maximum absolute atomic E-state index is 12.2. The van der Waals surface area contributed by atoms with E-state index >= 15 is 0 Å². The smallest absolute Gasteiger partial charge is 0.267 e. The molecule has 0 fully saturated rings. The number of aromatic nitrogens is 2. The first-order valence-electron chi connectivity index (χ1n) is 7.07. The predicted molar refractivity (Wildman–Crippen MR) is 81.6 cm³/mol. The number of hydrogen-bond acceptors (Lipinski definition) is 3. The second-order valence-electron chi connectivity index (χ2n) is 4.93. The molecule has 6 nitrogen and oxygen atoms in total. The number of rotatable bonds is 6. The molecule has 1 N–H and O–H groups in total. The summed E-state index contributed by atoms with van der Waals surface area (Å²) in [4.78, 5) is 24.2. The number of ether oxygens (including phenoxy) is 1. The van der Waals surface area contributed by atoms with E-state index in [4.69, 9.17) is 4.74 Å². The van der Waals surface area contributed by atoms with Gasteiger partial charge in [-0.1, -0.05) is 0 Å². The zero-order chi connectivity index (χ0) is 15.4. The molecule has 2 heterocycles. The van der Waals surface area contributed by atoms with Gasteiger partial charge in [0.05, 0.1) is 10.9 Å². The van der Waals surface area contributed by atoms with Crippen LogP contribution in [0.15, 0.2) is 23.1 Å². The molecule has 2 rings (SSSR count). The minimum atomic E-state index is -0.174. The van der Waals surface area contributed by atoms with E-state index in [0.29, 0.717) is 30.8 Å². The van der Waals surface area contributed by atoms with Crippen LogP contribution >= 0.6 is 0 Å².